The highest BCUT2D eigenvalue weighted by molar-refractivity contribution is 5.77. The first kappa shape index (κ1) is 14.0. The highest BCUT2D eigenvalue weighted by Gasteiger charge is 2.22. The summed E-state index contributed by atoms with van der Waals surface area (Å²) in [6.45, 7) is 3.88. The van der Waals surface area contributed by atoms with E-state index in [9.17, 15) is 4.79 Å². The molecule has 1 aromatic carbocycles. The smallest absolute Gasteiger partial charge is 0.233 e. The Morgan fingerprint density at radius 3 is 2.63 bits per heavy atom. The Labute approximate surface area is 113 Å². The summed E-state index contributed by atoms with van der Waals surface area (Å²) < 4.78 is 5.38. The van der Waals surface area contributed by atoms with Crippen molar-refractivity contribution in [1.29, 1.82) is 0 Å². The van der Waals surface area contributed by atoms with Crippen molar-refractivity contribution in [3.63, 3.8) is 0 Å². The van der Waals surface area contributed by atoms with Crippen LogP contribution in [0.15, 0.2) is 30.3 Å². The Balaban J connectivity index is 2.06. The van der Waals surface area contributed by atoms with Crippen molar-refractivity contribution in [2.45, 2.75) is 6.04 Å². The Morgan fingerprint density at radius 2 is 2.00 bits per heavy atom. The molecule has 1 heterocycles. The second kappa shape index (κ2) is 7.23. The lowest BCUT2D eigenvalue weighted by Crippen LogP contribution is -2.44. The average Bonchev–Trinajstić information content (AvgIpc) is 2.49. The van der Waals surface area contributed by atoms with Gasteiger partial charge in [-0.15, -0.1) is 0 Å². The minimum absolute atomic E-state index is 0.0324. The SMILES string of the molecule is NCC(=O)NCC(c1ccccc1)N1CCOCC1. The molecule has 1 fully saturated rings. The van der Waals surface area contributed by atoms with Crippen LogP contribution in [-0.2, 0) is 9.53 Å². The lowest BCUT2D eigenvalue weighted by Gasteiger charge is -2.34. The number of hydrogen-bond donors (Lipinski definition) is 2. The van der Waals surface area contributed by atoms with Crippen LogP contribution in [-0.4, -0.2) is 50.2 Å². The van der Waals surface area contributed by atoms with Gasteiger partial charge in [-0.2, -0.15) is 0 Å². The van der Waals surface area contributed by atoms with Crippen molar-refractivity contribution in [3.05, 3.63) is 35.9 Å². The summed E-state index contributed by atoms with van der Waals surface area (Å²) in [6, 6.07) is 10.4. The molecule has 1 saturated heterocycles. The third kappa shape index (κ3) is 4.02. The largest absolute Gasteiger partial charge is 0.379 e. The van der Waals surface area contributed by atoms with Crippen LogP contribution in [0.4, 0.5) is 0 Å². The van der Waals surface area contributed by atoms with Gasteiger partial charge >= 0.3 is 0 Å². The average molecular weight is 263 g/mol. The maximum atomic E-state index is 11.4. The number of carbonyl (C=O) groups excluding carboxylic acids is 1. The summed E-state index contributed by atoms with van der Waals surface area (Å²) >= 11 is 0. The van der Waals surface area contributed by atoms with Gasteiger partial charge in [0.25, 0.3) is 0 Å². The van der Waals surface area contributed by atoms with Crippen LogP contribution < -0.4 is 11.1 Å². The summed E-state index contributed by atoms with van der Waals surface area (Å²) in [5.74, 6) is -0.116. The van der Waals surface area contributed by atoms with Crippen LogP contribution >= 0.6 is 0 Å². The standard InChI is InChI=1S/C14H21N3O2/c15-10-14(18)16-11-13(12-4-2-1-3-5-12)17-6-8-19-9-7-17/h1-5,13H,6-11,15H2,(H,16,18). The quantitative estimate of drug-likeness (QED) is 0.792. The van der Waals surface area contributed by atoms with E-state index in [2.05, 4.69) is 22.3 Å². The topological polar surface area (TPSA) is 67.6 Å². The molecule has 1 atom stereocenters. The van der Waals surface area contributed by atoms with Gasteiger partial charge in [-0.25, -0.2) is 0 Å². The molecular weight excluding hydrogens is 242 g/mol. The number of nitrogens with zero attached hydrogens (tertiary/aromatic N) is 1. The van der Waals surface area contributed by atoms with Gasteiger partial charge in [-0.1, -0.05) is 30.3 Å². The molecule has 0 bridgehead atoms. The van der Waals surface area contributed by atoms with E-state index in [1.807, 2.05) is 18.2 Å². The van der Waals surface area contributed by atoms with E-state index in [0.29, 0.717) is 6.54 Å². The van der Waals surface area contributed by atoms with Crippen LogP contribution in [0.3, 0.4) is 0 Å². The molecule has 0 spiro atoms. The molecule has 0 aromatic heterocycles. The van der Waals surface area contributed by atoms with Crippen LogP contribution in [0.2, 0.25) is 0 Å². The van der Waals surface area contributed by atoms with Gasteiger partial charge in [-0.3, -0.25) is 9.69 Å². The van der Waals surface area contributed by atoms with Crippen molar-refractivity contribution in [1.82, 2.24) is 10.2 Å². The lowest BCUT2D eigenvalue weighted by atomic mass is 10.0. The van der Waals surface area contributed by atoms with Gasteiger partial charge < -0.3 is 15.8 Å². The maximum Gasteiger partial charge on any atom is 0.233 e. The van der Waals surface area contributed by atoms with E-state index >= 15 is 0 Å². The molecule has 5 nitrogen and oxygen atoms in total. The van der Waals surface area contributed by atoms with Crippen LogP contribution in [0.25, 0.3) is 0 Å². The molecule has 3 N–H and O–H groups in total. The summed E-state index contributed by atoms with van der Waals surface area (Å²) in [5.41, 5.74) is 6.54. The first-order valence-electron chi connectivity index (χ1n) is 6.65. The predicted octanol–water partition coefficient (Wildman–Crippen LogP) is 0.135. The van der Waals surface area contributed by atoms with E-state index in [1.54, 1.807) is 0 Å². The highest BCUT2D eigenvalue weighted by atomic mass is 16.5. The second-order valence-electron chi connectivity index (χ2n) is 4.58. The van der Waals surface area contributed by atoms with Crippen molar-refractivity contribution >= 4 is 5.91 Å². The van der Waals surface area contributed by atoms with E-state index < -0.39 is 0 Å². The van der Waals surface area contributed by atoms with Gasteiger partial charge in [0, 0.05) is 19.6 Å². The number of nitrogens with two attached hydrogens (primary N) is 1. The third-order valence-corrected chi connectivity index (χ3v) is 3.35. The van der Waals surface area contributed by atoms with E-state index in [0.717, 1.165) is 26.3 Å². The van der Waals surface area contributed by atoms with E-state index in [-0.39, 0.29) is 18.5 Å². The van der Waals surface area contributed by atoms with Crippen molar-refractivity contribution < 1.29 is 9.53 Å². The number of morpholine rings is 1. The lowest BCUT2D eigenvalue weighted by molar-refractivity contribution is -0.120. The summed E-state index contributed by atoms with van der Waals surface area (Å²) in [7, 11) is 0. The second-order valence-corrected chi connectivity index (χ2v) is 4.58. The fourth-order valence-electron chi connectivity index (χ4n) is 2.30. The minimum Gasteiger partial charge on any atom is -0.379 e. The molecule has 0 saturated carbocycles. The van der Waals surface area contributed by atoms with E-state index in [4.69, 9.17) is 10.5 Å². The zero-order valence-electron chi connectivity index (χ0n) is 11.0. The number of hydrogen-bond acceptors (Lipinski definition) is 4. The molecule has 1 aliphatic heterocycles. The molecule has 1 amide bonds. The molecular formula is C14H21N3O2. The number of carbonyl (C=O) groups is 1. The number of nitrogens with one attached hydrogen (secondary N) is 1. The van der Waals surface area contributed by atoms with Gasteiger partial charge in [0.1, 0.15) is 0 Å². The molecule has 1 aliphatic rings. The highest BCUT2D eigenvalue weighted by Crippen LogP contribution is 2.20. The maximum absolute atomic E-state index is 11.4. The first-order valence-corrected chi connectivity index (χ1v) is 6.65. The molecule has 5 heteroatoms. The summed E-state index contributed by atoms with van der Waals surface area (Å²) in [6.07, 6.45) is 0. The van der Waals surface area contributed by atoms with Crippen LogP contribution in [0.5, 0.6) is 0 Å². The molecule has 104 valence electrons. The first-order chi connectivity index (χ1) is 9.31. The molecule has 1 unspecified atom stereocenters. The Hall–Kier alpha value is -1.43. The number of rotatable bonds is 5. The monoisotopic (exact) mass is 263 g/mol. The number of ether oxygens (including phenoxy) is 1. The van der Waals surface area contributed by atoms with Crippen LogP contribution in [0.1, 0.15) is 11.6 Å². The van der Waals surface area contributed by atoms with Gasteiger partial charge in [-0.05, 0) is 5.56 Å². The zero-order valence-corrected chi connectivity index (χ0v) is 11.0. The van der Waals surface area contributed by atoms with Crippen LogP contribution in [0, 0.1) is 0 Å². The summed E-state index contributed by atoms with van der Waals surface area (Å²) in [4.78, 5) is 13.7. The minimum atomic E-state index is -0.116. The number of amides is 1. The van der Waals surface area contributed by atoms with Crippen molar-refractivity contribution in [2.75, 3.05) is 39.4 Å². The molecule has 0 aliphatic carbocycles. The van der Waals surface area contributed by atoms with Gasteiger partial charge in [0.2, 0.25) is 5.91 Å². The Bertz CT molecular complexity index is 391. The third-order valence-electron chi connectivity index (χ3n) is 3.35. The molecule has 1 aromatic rings. The Morgan fingerprint density at radius 1 is 1.32 bits per heavy atom. The van der Waals surface area contributed by atoms with E-state index in [1.165, 1.54) is 5.56 Å². The van der Waals surface area contributed by atoms with Gasteiger partial charge in [0.15, 0.2) is 0 Å². The Kier molecular flexibility index (Phi) is 5.32. The number of benzene rings is 1. The fraction of sp³-hybridized carbons (Fsp3) is 0.500. The summed E-state index contributed by atoms with van der Waals surface area (Å²) in [5, 5.41) is 2.88. The van der Waals surface area contributed by atoms with Crippen molar-refractivity contribution in [2.24, 2.45) is 5.73 Å². The molecule has 2 rings (SSSR count). The normalized spacial score (nSPS) is 17.9. The molecule has 19 heavy (non-hydrogen) atoms. The predicted molar refractivity (Wildman–Crippen MR) is 73.6 cm³/mol. The zero-order chi connectivity index (χ0) is 13.5. The van der Waals surface area contributed by atoms with Crippen molar-refractivity contribution in [3.8, 4) is 0 Å². The van der Waals surface area contributed by atoms with Gasteiger partial charge in [0.05, 0.1) is 25.8 Å². The fourth-order valence-corrected chi connectivity index (χ4v) is 2.30. The molecule has 0 radical (unpaired) electrons.